The molecule has 5 heteroatoms. The maximum atomic E-state index is 12.3. The van der Waals surface area contributed by atoms with E-state index in [9.17, 15) is 4.79 Å². The van der Waals surface area contributed by atoms with Crippen molar-refractivity contribution < 1.29 is 9.53 Å². The number of rotatable bonds is 6. The van der Waals surface area contributed by atoms with Crippen LogP contribution in [0.5, 0.6) is 5.75 Å². The van der Waals surface area contributed by atoms with E-state index in [-0.39, 0.29) is 5.91 Å². The summed E-state index contributed by atoms with van der Waals surface area (Å²) in [4.78, 5) is 12.3. The molecule has 2 aromatic carbocycles. The fourth-order valence-electron chi connectivity index (χ4n) is 3.61. The first kappa shape index (κ1) is 17.3. The van der Waals surface area contributed by atoms with Crippen LogP contribution in [0.1, 0.15) is 28.9 Å². The molecule has 1 aromatic heterocycles. The number of amides is 1. The summed E-state index contributed by atoms with van der Waals surface area (Å²) in [6.07, 6.45) is 3.57. The van der Waals surface area contributed by atoms with E-state index >= 15 is 0 Å². The summed E-state index contributed by atoms with van der Waals surface area (Å²) in [5.74, 6) is 0.794. The molecule has 3 aromatic rings. The van der Waals surface area contributed by atoms with Crippen LogP contribution in [0.15, 0.2) is 54.6 Å². The van der Waals surface area contributed by atoms with E-state index in [1.807, 2.05) is 47.1 Å². The van der Waals surface area contributed by atoms with E-state index < -0.39 is 0 Å². The molecule has 1 N–H and O–H groups in total. The van der Waals surface area contributed by atoms with Gasteiger partial charge < -0.3 is 10.1 Å². The molecule has 0 unspecified atom stereocenters. The molecule has 1 heterocycles. The average molecular weight is 361 g/mol. The molecule has 0 bridgehead atoms. The van der Waals surface area contributed by atoms with Gasteiger partial charge in [-0.3, -0.25) is 4.79 Å². The van der Waals surface area contributed by atoms with Crippen LogP contribution in [0.4, 0.5) is 0 Å². The Morgan fingerprint density at radius 2 is 1.89 bits per heavy atom. The second kappa shape index (κ2) is 7.66. The average Bonchev–Trinajstić information content (AvgIpc) is 3.31. The summed E-state index contributed by atoms with van der Waals surface area (Å²) in [5, 5.41) is 7.81. The number of para-hydroxylation sites is 1. The number of fused-ring (bicyclic) bond motifs is 1. The highest BCUT2D eigenvalue weighted by Crippen LogP contribution is 2.27. The molecule has 0 fully saturated rings. The molecule has 0 spiro atoms. The van der Waals surface area contributed by atoms with Crippen LogP contribution >= 0.6 is 0 Å². The van der Waals surface area contributed by atoms with Gasteiger partial charge in [-0.1, -0.05) is 30.3 Å². The number of nitrogens with one attached hydrogen (secondary N) is 1. The number of aromatic nitrogens is 2. The summed E-state index contributed by atoms with van der Waals surface area (Å²) in [6.45, 7) is 0.469. The van der Waals surface area contributed by atoms with Crippen molar-refractivity contribution in [2.24, 2.45) is 0 Å². The first-order valence-electron chi connectivity index (χ1n) is 9.29. The van der Waals surface area contributed by atoms with Gasteiger partial charge in [0.1, 0.15) is 5.75 Å². The minimum atomic E-state index is 0.00109. The van der Waals surface area contributed by atoms with Gasteiger partial charge in [0.2, 0.25) is 5.91 Å². The molecule has 4 rings (SSSR count). The predicted octanol–water partition coefficient (Wildman–Crippen LogP) is 3.23. The third kappa shape index (κ3) is 3.72. The number of hydrogen-bond acceptors (Lipinski definition) is 3. The van der Waals surface area contributed by atoms with E-state index in [0.717, 1.165) is 42.0 Å². The Bertz CT molecular complexity index is 930. The summed E-state index contributed by atoms with van der Waals surface area (Å²) in [6, 6.07) is 17.8. The van der Waals surface area contributed by atoms with Crippen LogP contribution in [0.3, 0.4) is 0 Å². The van der Waals surface area contributed by atoms with Crippen molar-refractivity contribution in [2.75, 3.05) is 7.11 Å². The monoisotopic (exact) mass is 361 g/mol. The molecule has 1 aliphatic rings. The molecule has 0 aliphatic heterocycles. The topological polar surface area (TPSA) is 56.1 Å². The van der Waals surface area contributed by atoms with E-state index in [1.165, 1.54) is 11.3 Å². The fraction of sp³-hybridized carbons (Fsp3) is 0.273. The lowest BCUT2D eigenvalue weighted by molar-refractivity contribution is -0.120. The lowest BCUT2D eigenvalue weighted by Crippen LogP contribution is -2.25. The highest BCUT2D eigenvalue weighted by atomic mass is 16.5. The largest absolute Gasteiger partial charge is 0.497 e. The van der Waals surface area contributed by atoms with Crippen molar-refractivity contribution in [3.63, 3.8) is 0 Å². The molecule has 0 radical (unpaired) electrons. The molecule has 27 heavy (non-hydrogen) atoms. The van der Waals surface area contributed by atoms with Gasteiger partial charge in [-0.2, -0.15) is 5.10 Å². The standard InChI is InChI=1S/C22H23N3O2/c1-27-18-12-10-16(11-13-18)14-22(26)23-15-20-19-8-5-9-21(19)25(24-20)17-6-3-2-4-7-17/h2-4,6-7,10-13H,5,8-9,14-15H2,1H3,(H,23,26). The second-order valence-corrected chi connectivity index (χ2v) is 6.77. The number of methoxy groups -OCH3 is 1. The fourth-order valence-corrected chi connectivity index (χ4v) is 3.61. The van der Waals surface area contributed by atoms with Crippen LogP contribution < -0.4 is 10.1 Å². The third-order valence-corrected chi connectivity index (χ3v) is 4.99. The van der Waals surface area contributed by atoms with Gasteiger partial charge in [-0.25, -0.2) is 4.68 Å². The van der Waals surface area contributed by atoms with Crippen LogP contribution in [0, 0.1) is 0 Å². The van der Waals surface area contributed by atoms with Crippen LogP contribution in [-0.2, 0) is 30.6 Å². The van der Waals surface area contributed by atoms with Gasteiger partial charge in [0, 0.05) is 5.69 Å². The van der Waals surface area contributed by atoms with Crippen molar-refractivity contribution >= 4 is 5.91 Å². The molecular weight excluding hydrogens is 338 g/mol. The molecule has 1 aliphatic carbocycles. The first-order chi connectivity index (χ1) is 13.2. The Balaban J connectivity index is 1.44. The maximum Gasteiger partial charge on any atom is 0.224 e. The number of benzene rings is 2. The number of nitrogens with zero attached hydrogens (tertiary/aromatic N) is 2. The SMILES string of the molecule is COc1ccc(CC(=O)NCc2nn(-c3ccccc3)c3c2CCC3)cc1. The molecule has 5 nitrogen and oxygen atoms in total. The van der Waals surface area contributed by atoms with Gasteiger partial charge in [-0.15, -0.1) is 0 Å². The van der Waals surface area contributed by atoms with E-state index in [0.29, 0.717) is 13.0 Å². The van der Waals surface area contributed by atoms with Gasteiger partial charge in [0.25, 0.3) is 0 Å². The Labute approximate surface area is 159 Å². The van der Waals surface area contributed by atoms with Crippen molar-refractivity contribution in [3.8, 4) is 11.4 Å². The molecule has 138 valence electrons. The van der Waals surface area contributed by atoms with Gasteiger partial charge in [-0.05, 0) is 54.7 Å². The Kier molecular flexibility index (Phi) is 4.92. The van der Waals surface area contributed by atoms with Crippen LogP contribution in [0.25, 0.3) is 5.69 Å². The molecule has 0 saturated heterocycles. The van der Waals surface area contributed by atoms with Crippen LogP contribution in [0.2, 0.25) is 0 Å². The normalized spacial score (nSPS) is 12.6. The van der Waals surface area contributed by atoms with Crippen molar-refractivity contribution in [2.45, 2.75) is 32.2 Å². The smallest absolute Gasteiger partial charge is 0.224 e. The summed E-state index contributed by atoms with van der Waals surface area (Å²) >= 11 is 0. The van der Waals surface area contributed by atoms with Crippen LogP contribution in [-0.4, -0.2) is 22.8 Å². The second-order valence-electron chi connectivity index (χ2n) is 6.77. The molecule has 0 atom stereocenters. The molecular formula is C22H23N3O2. The third-order valence-electron chi connectivity index (χ3n) is 4.99. The Hall–Kier alpha value is -3.08. The van der Waals surface area contributed by atoms with E-state index in [2.05, 4.69) is 17.4 Å². The number of ether oxygens (including phenoxy) is 1. The highest BCUT2D eigenvalue weighted by Gasteiger charge is 2.23. The molecule has 0 saturated carbocycles. The zero-order valence-corrected chi connectivity index (χ0v) is 15.4. The summed E-state index contributed by atoms with van der Waals surface area (Å²) in [5.41, 5.74) is 5.60. The van der Waals surface area contributed by atoms with Crippen molar-refractivity contribution in [1.82, 2.24) is 15.1 Å². The number of carbonyl (C=O) groups excluding carboxylic acids is 1. The van der Waals surface area contributed by atoms with Crippen molar-refractivity contribution in [1.29, 1.82) is 0 Å². The van der Waals surface area contributed by atoms with Crippen molar-refractivity contribution in [3.05, 3.63) is 77.1 Å². The predicted molar refractivity (Wildman–Crippen MR) is 104 cm³/mol. The van der Waals surface area contributed by atoms with E-state index in [4.69, 9.17) is 9.84 Å². The van der Waals surface area contributed by atoms with Gasteiger partial charge >= 0.3 is 0 Å². The Morgan fingerprint density at radius 3 is 2.63 bits per heavy atom. The minimum Gasteiger partial charge on any atom is -0.497 e. The number of carbonyl (C=O) groups is 1. The Morgan fingerprint density at radius 1 is 1.11 bits per heavy atom. The lowest BCUT2D eigenvalue weighted by atomic mass is 10.1. The van der Waals surface area contributed by atoms with Gasteiger partial charge in [0.05, 0.1) is 31.5 Å². The minimum absolute atomic E-state index is 0.00109. The summed E-state index contributed by atoms with van der Waals surface area (Å²) in [7, 11) is 1.63. The first-order valence-corrected chi connectivity index (χ1v) is 9.29. The maximum absolute atomic E-state index is 12.3. The number of hydrogen-bond donors (Lipinski definition) is 1. The van der Waals surface area contributed by atoms with Gasteiger partial charge in [0.15, 0.2) is 0 Å². The zero-order chi connectivity index (χ0) is 18.6. The lowest BCUT2D eigenvalue weighted by Gasteiger charge is -2.06. The van der Waals surface area contributed by atoms with E-state index in [1.54, 1.807) is 7.11 Å². The zero-order valence-electron chi connectivity index (χ0n) is 15.4. The summed E-state index contributed by atoms with van der Waals surface area (Å²) < 4.78 is 7.18. The molecule has 1 amide bonds. The quantitative estimate of drug-likeness (QED) is 0.733. The highest BCUT2D eigenvalue weighted by molar-refractivity contribution is 5.78.